The number of nitrogens with one attached hydrogen (secondary N) is 1. The average Bonchev–Trinajstić information content (AvgIpc) is 2.90. The Morgan fingerprint density at radius 2 is 2.30 bits per heavy atom. The third-order valence-corrected chi connectivity index (χ3v) is 4.88. The van der Waals surface area contributed by atoms with E-state index < -0.39 is 11.6 Å². The van der Waals surface area contributed by atoms with Crippen molar-refractivity contribution in [1.29, 1.82) is 0 Å². The first-order valence-electron chi connectivity index (χ1n) is 7.55. The van der Waals surface area contributed by atoms with Gasteiger partial charge in [0.2, 0.25) is 5.91 Å². The van der Waals surface area contributed by atoms with E-state index in [-0.39, 0.29) is 17.3 Å². The number of anilines is 1. The number of rotatable bonds is 4. The van der Waals surface area contributed by atoms with Crippen LogP contribution in [0.1, 0.15) is 12.8 Å². The van der Waals surface area contributed by atoms with E-state index in [1.807, 2.05) is 0 Å². The van der Waals surface area contributed by atoms with Crippen LogP contribution in [0.15, 0.2) is 12.1 Å². The standard InChI is InChI=1S/C15H18F2N4OS/c16-10-6-11(17)13-12(7-10)23-15(19-13)20-14(22)9-2-1-4-21(8-9)5-3-18/h6-7,9H,1-5,8,18H2,(H,19,20,22). The molecule has 3 rings (SSSR count). The summed E-state index contributed by atoms with van der Waals surface area (Å²) in [5.74, 6) is -1.64. The number of nitrogens with two attached hydrogens (primary N) is 1. The summed E-state index contributed by atoms with van der Waals surface area (Å²) < 4.78 is 27.3. The van der Waals surface area contributed by atoms with Gasteiger partial charge in [0.15, 0.2) is 10.9 Å². The molecule has 3 N–H and O–H groups in total. The molecule has 124 valence electrons. The molecule has 1 atom stereocenters. The molecular formula is C15H18F2N4OS. The summed E-state index contributed by atoms with van der Waals surface area (Å²) in [5.41, 5.74) is 5.64. The van der Waals surface area contributed by atoms with Gasteiger partial charge >= 0.3 is 0 Å². The summed E-state index contributed by atoms with van der Waals surface area (Å²) in [6, 6.07) is 2.01. The van der Waals surface area contributed by atoms with Crippen molar-refractivity contribution in [1.82, 2.24) is 9.88 Å². The zero-order valence-electron chi connectivity index (χ0n) is 12.5. The first-order valence-corrected chi connectivity index (χ1v) is 8.37. The fourth-order valence-electron chi connectivity index (χ4n) is 2.87. The van der Waals surface area contributed by atoms with Gasteiger partial charge in [-0.25, -0.2) is 13.8 Å². The molecule has 1 aromatic heterocycles. The lowest BCUT2D eigenvalue weighted by Crippen LogP contribution is -2.42. The molecule has 2 aromatic rings. The Morgan fingerprint density at radius 3 is 3.09 bits per heavy atom. The van der Waals surface area contributed by atoms with Gasteiger partial charge in [-0.05, 0) is 25.5 Å². The van der Waals surface area contributed by atoms with E-state index in [9.17, 15) is 13.6 Å². The molecule has 1 fully saturated rings. The third-order valence-electron chi connectivity index (χ3n) is 3.96. The lowest BCUT2D eigenvalue weighted by molar-refractivity contribution is -0.121. The second-order valence-electron chi connectivity index (χ2n) is 5.67. The monoisotopic (exact) mass is 340 g/mol. The summed E-state index contributed by atoms with van der Waals surface area (Å²) >= 11 is 1.07. The van der Waals surface area contributed by atoms with Gasteiger partial charge in [-0.15, -0.1) is 0 Å². The van der Waals surface area contributed by atoms with Crippen molar-refractivity contribution in [3.05, 3.63) is 23.8 Å². The molecule has 23 heavy (non-hydrogen) atoms. The minimum absolute atomic E-state index is 0.0834. The molecule has 5 nitrogen and oxygen atoms in total. The van der Waals surface area contributed by atoms with Crippen LogP contribution in [0.25, 0.3) is 10.2 Å². The Labute approximate surface area is 136 Å². The number of nitrogens with zero attached hydrogens (tertiary/aromatic N) is 2. The number of hydrogen-bond donors (Lipinski definition) is 2. The topological polar surface area (TPSA) is 71.2 Å². The van der Waals surface area contributed by atoms with Crippen molar-refractivity contribution in [2.75, 3.05) is 31.5 Å². The maximum atomic E-state index is 13.7. The van der Waals surface area contributed by atoms with Gasteiger partial charge in [-0.2, -0.15) is 0 Å². The number of hydrogen-bond acceptors (Lipinski definition) is 5. The smallest absolute Gasteiger partial charge is 0.230 e. The highest BCUT2D eigenvalue weighted by Gasteiger charge is 2.26. The number of likely N-dealkylation sites (tertiary alicyclic amines) is 1. The zero-order valence-corrected chi connectivity index (χ0v) is 13.3. The van der Waals surface area contributed by atoms with E-state index in [4.69, 9.17) is 5.73 Å². The van der Waals surface area contributed by atoms with E-state index in [1.165, 1.54) is 6.07 Å². The molecule has 2 heterocycles. The predicted molar refractivity (Wildman–Crippen MR) is 86.4 cm³/mol. The largest absolute Gasteiger partial charge is 0.329 e. The van der Waals surface area contributed by atoms with Crippen LogP contribution >= 0.6 is 11.3 Å². The highest BCUT2D eigenvalue weighted by atomic mass is 32.1. The van der Waals surface area contributed by atoms with Crippen molar-refractivity contribution in [2.24, 2.45) is 11.7 Å². The SMILES string of the molecule is NCCN1CCCC(C(=O)Nc2nc3c(F)cc(F)cc3s2)C1. The molecule has 0 radical (unpaired) electrons. The highest BCUT2D eigenvalue weighted by Crippen LogP contribution is 2.29. The fourth-order valence-corrected chi connectivity index (χ4v) is 3.78. The average molecular weight is 340 g/mol. The molecule has 8 heteroatoms. The van der Waals surface area contributed by atoms with Gasteiger partial charge in [0.1, 0.15) is 11.3 Å². The molecule has 1 aliphatic rings. The van der Waals surface area contributed by atoms with Gasteiger partial charge in [-0.3, -0.25) is 4.79 Å². The molecule has 1 saturated heterocycles. The van der Waals surface area contributed by atoms with Crippen molar-refractivity contribution in [3.8, 4) is 0 Å². The minimum atomic E-state index is -0.719. The number of carbonyl (C=O) groups is 1. The molecule has 0 saturated carbocycles. The zero-order chi connectivity index (χ0) is 16.4. The first kappa shape index (κ1) is 16.2. The molecule has 1 amide bonds. The Bertz CT molecular complexity index is 719. The van der Waals surface area contributed by atoms with Crippen LogP contribution in [-0.4, -0.2) is 42.0 Å². The number of aromatic nitrogens is 1. The van der Waals surface area contributed by atoms with Gasteiger partial charge < -0.3 is 16.0 Å². The number of benzene rings is 1. The van der Waals surface area contributed by atoms with Crippen molar-refractivity contribution >= 4 is 32.6 Å². The number of amides is 1. The summed E-state index contributed by atoms with van der Waals surface area (Å²) in [4.78, 5) is 18.6. The van der Waals surface area contributed by atoms with Gasteiger partial charge in [0.05, 0.1) is 10.6 Å². The number of fused-ring (bicyclic) bond motifs is 1. The number of halogens is 2. The van der Waals surface area contributed by atoms with Crippen molar-refractivity contribution in [2.45, 2.75) is 12.8 Å². The highest BCUT2D eigenvalue weighted by molar-refractivity contribution is 7.22. The van der Waals surface area contributed by atoms with Crippen LogP contribution < -0.4 is 11.1 Å². The summed E-state index contributed by atoms with van der Waals surface area (Å²) in [6.07, 6.45) is 1.75. The molecule has 1 unspecified atom stereocenters. The quantitative estimate of drug-likeness (QED) is 0.895. The molecule has 1 aliphatic heterocycles. The lowest BCUT2D eigenvalue weighted by atomic mass is 9.97. The second-order valence-corrected chi connectivity index (χ2v) is 6.70. The van der Waals surface area contributed by atoms with E-state index in [2.05, 4.69) is 15.2 Å². The molecule has 0 bridgehead atoms. The number of piperidine rings is 1. The summed E-state index contributed by atoms with van der Waals surface area (Å²) in [5, 5.41) is 3.03. The maximum Gasteiger partial charge on any atom is 0.230 e. The van der Waals surface area contributed by atoms with E-state index >= 15 is 0 Å². The van der Waals surface area contributed by atoms with Crippen LogP contribution in [-0.2, 0) is 4.79 Å². The first-order chi connectivity index (χ1) is 11.1. The molecular weight excluding hydrogens is 322 g/mol. The van der Waals surface area contributed by atoms with Crippen LogP contribution in [0.5, 0.6) is 0 Å². The summed E-state index contributed by atoms with van der Waals surface area (Å²) in [6.45, 7) is 2.95. The Kier molecular flexibility index (Phi) is 4.84. The van der Waals surface area contributed by atoms with Gasteiger partial charge in [0, 0.05) is 25.7 Å². The van der Waals surface area contributed by atoms with E-state index in [0.717, 1.165) is 43.3 Å². The Morgan fingerprint density at radius 1 is 1.48 bits per heavy atom. The lowest BCUT2D eigenvalue weighted by Gasteiger charge is -2.31. The summed E-state index contributed by atoms with van der Waals surface area (Å²) in [7, 11) is 0. The normalized spacial score (nSPS) is 19.2. The third kappa shape index (κ3) is 3.65. The number of carbonyl (C=O) groups excluding carboxylic acids is 1. The van der Waals surface area contributed by atoms with Crippen molar-refractivity contribution in [3.63, 3.8) is 0 Å². The van der Waals surface area contributed by atoms with Crippen LogP contribution in [0, 0.1) is 17.6 Å². The second kappa shape index (κ2) is 6.86. The Balaban J connectivity index is 1.71. The fraction of sp³-hybridized carbons (Fsp3) is 0.467. The van der Waals surface area contributed by atoms with E-state index in [1.54, 1.807) is 0 Å². The van der Waals surface area contributed by atoms with Crippen molar-refractivity contribution < 1.29 is 13.6 Å². The Hall–Kier alpha value is -1.64. The molecule has 0 spiro atoms. The van der Waals surface area contributed by atoms with Crippen LogP contribution in [0.3, 0.4) is 0 Å². The maximum absolute atomic E-state index is 13.7. The molecule has 1 aromatic carbocycles. The van der Waals surface area contributed by atoms with Gasteiger partial charge in [-0.1, -0.05) is 11.3 Å². The minimum Gasteiger partial charge on any atom is -0.329 e. The molecule has 0 aliphatic carbocycles. The predicted octanol–water partition coefficient (Wildman–Crippen LogP) is 2.18. The van der Waals surface area contributed by atoms with Crippen LogP contribution in [0.4, 0.5) is 13.9 Å². The number of thiazole rings is 1. The van der Waals surface area contributed by atoms with Gasteiger partial charge in [0.25, 0.3) is 0 Å². The van der Waals surface area contributed by atoms with E-state index in [0.29, 0.717) is 22.9 Å². The van der Waals surface area contributed by atoms with Crippen LogP contribution in [0.2, 0.25) is 0 Å².